The van der Waals surface area contributed by atoms with Crippen LogP contribution in [-0.2, 0) is 12.8 Å². The third-order valence-electron chi connectivity index (χ3n) is 3.28. The van der Waals surface area contributed by atoms with Crippen LogP contribution in [-0.4, -0.2) is 29.0 Å². The second kappa shape index (κ2) is 4.86. The molecular weight excluding hydrogens is 210 g/mol. The Morgan fingerprint density at radius 1 is 1.29 bits per heavy atom. The molecule has 0 fully saturated rings. The van der Waals surface area contributed by atoms with Gasteiger partial charge < -0.3 is 4.90 Å². The van der Waals surface area contributed by atoms with Crippen LogP contribution in [0.4, 0.5) is 0 Å². The normalized spacial score (nSPS) is 13.5. The monoisotopic (exact) mass is 231 g/mol. The van der Waals surface area contributed by atoms with E-state index in [1.54, 1.807) is 0 Å². The van der Waals surface area contributed by atoms with E-state index in [1.807, 2.05) is 0 Å². The Kier molecular flexibility index (Phi) is 3.46. The summed E-state index contributed by atoms with van der Waals surface area (Å²) >= 11 is 0. The number of likely N-dealkylation sites (N-methyl/N-ethyl adjacent to an activating group) is 1. The fraction of sp³-hybridized carbons (Fsp3) is 0.571. The number of hydrogen-bond acceptors (Lipinski definition) is 3. The van der Waals surface area contributed by atoms with Crippen LogP contribution in [0, 0.1) is 6.92 Å². The first-order chi connectivity index (χ1) is 8.11. The highest BCUT2D eigenvalue weighted by Crippen LogP contribution is 2.26. The van der Waals surface area contributed by atoms with E-state index in [4.69, 9.17) is 0 Å². The van der Waals surface area contributed by atoms with Gasteiger partial charge in [0.15, 0.2) is 0 Å². The summed E-state index contributed by atoms with van der Waals surface area (Å²) in [7, 11) is 4.16. The molecule has 0 spiro atoms. The molecule has 1 aromatic rings. The Balaban J connectivity index is 2.27. The lowest BCUT2D eigenvalue weighted by molar-refractivity contribution is 0.506. The molecule has 0 radical (unpaired) electrons. The van der Waals surface area contributed by atoms with Crippen molar-refractivity contribution >= 4 is 6.08 Å². The lowest BCUT2D eigenvalue weighted by Crippen LogP contribution is -2.10. The second-order valence-corrected chi connectivity index (χ2v) is 4.90. The van der Waals surface area contributed by atoms with Crippen molar-refractivity contribution in [1.82, 2.24) is 14.9 Å². The second-order valence-electron chi connectivity index (χ2n) is 4.90. The zero-order chi connectivity index (χ0) is 12.4. The lowest BCUT2D eigenvalue weighted by atomic mass is 10.1. The lowest BCUT2D eigenvalue weighted by Gasteiger charge is -2.12. The van der Waals surface area contributed by atoms with Crippen molar-refractivity contribution in [2.75, 3.05) is 14.1 Å². The van der Waals surface area contributed by atoms with Gasteiger partial charge in [-0.05, 0) is 19.4 Å². The Bertz CT molecular complexity index is 447. The van der Waals surface area contributed by atoms with Crippen molar-refractivity contribution < 1.29 is 0 Å². The van der Waals surface area contributed by atoms with E-state index in [2.05, 4.69) is 48.9 Å². The molecule has 0 N–H and O–H groups in total. The minimum Gasteiger partial charge on any atom is -0.381 e. The highest BCUT2D eigenvalue weighted by atomic mass is 15.1. The molecule has 0 amide bonds. The minimum absolute atomic E-state index is 0.974. The zero-order valence-electron chi connectivity index (χ0n) is 11.2. The maximum absolute atomic E-state index is 4.67. The molecular formula is C14H21N3. The molecule has 0 bridgehead atoms. The van der Waals surface area contributed by atoms with Gasteiger partial charge in [0, 0.05) is 43.9 Å². The van der Waals surface area contributed by atoms with Gasteiger partial charge in [0.2, 0.25) is 0 Å². The summed E-state index contributed by atoms with van der Waals surface area (Å²) in [5.74, 6) is 0.999. The Morgan fingerprint density at radius 3 is 2.71 bits per heavy atom. The summed E-state index contributed by atoms with van der Waals surface area (Å²) < 4.78 is 0. The average Bonchev–Trinajstić information content (AvgIpc) is 2.71. The highest BCUT2D eigenvalue weighted by Gasteiger charge is 2.19. The van der Waals surface area contributed by atoms with E-state index in [9.17, 15) is 0 Å². The van der Waals surface area contributed by atoms with Crippen molar-refractivity contribution in [3.05, 3.63) is 28.5 Å². The van der Waals surface area contributed by atoms with Crippen molar-refractivity contribution in [2.24, 2.45) is 0 Å². The molecule has 0 atom stereocenters. The van der Waals surface area contributed by atoms with Crippen LogP contribution in [0.1, 0.15) is 42.5 Å². The molecule has 0 aliphatic heterocycles. The fourth-order valence-corrected chi connectivity index (χ4v) is 2.14. The number of rotatable bonds is 4. The van der Waals surface area contributed by atoms with Crippen molar-refractivity contribution in [1.29, 1.82) is 0 Å². The molecule has 1 aromatic heterocycles. The quantitative estimate of drug-likeness (QED) is 0.797. The molecule has 92 valence electrons. The van der Waals surface area contributed by atoms with E-state index in [1.165, 1.54) is 24.1 Å². The summed E-state index contributed by atoms with van der Waals surface area (Å²) in [6, 6.07) is 0. The number of allylic oxidation sites excluding steroid dienone is 1. The predicted molar refractivity (Wildman–Crippen MR) is 70.7 cm³/mol. The topological polar surface area (TPSA) is 29.0 Å². The van der Waals surface area contributed by atoms with E-state index in [0.29, 0.717) is 0 Å². The van der Waals surface area contributed by atoms with Crippen molar-refractivity contribution in [3.63, 3.8) is 0 Å². The molecule has 2 rings (SSSR count). The van der Waals surface area contributed by atoms with Crippen LogP contribution >= 0.6 is 0 Å². The third kappa shape index (κ3) is 2.48. The summed E-state index contributed by atoms with van der Waals surface area (Å²) in [4.78, 5) is 11.4. The van der Waals surface area contributed by atoms with Gasteiger partial charge in [-0.15, -0.1) is 0 Å². The van der Waals surface area contributed by atoms with Gasteiger partial charge in [-0.1, -0.05) is 13.3 Å². The smallest absolute Gasteiger partial charge is 0.129 e. The molecule has 0 saturated carbocycles. The number of hydrogen-bond donors (Lipinski definition) is 0. The first kappa shape index (κ1) is 12.1. The third-order valence-corrected chi connectivity index (χ3v) is 3.28. The minimum atomic E-state index is 0.974. The fourth-order valence-electron chi connectivity index (χ4n) is 2.14. The Labute approximate surface area is 104 Å². The number of aryl methyl sites for hydroxylation is 2. The summed E-state index contributed by atoms with van der Waals surface area (Å²) in [6.45, 7) is 4.30. The van der Waals surface area contributed by atoms with Crippen LogP contribution in [0.3, 0.4) is 0 Å². The highest BCUT2D eigenvalue weighted by molar-refractivity contribution is 5.60. The molecule has 1 heterocycles. The van der Waals surface area contributed by atoms with Gasteiger partial charge in [-0.3, -0.25) is 0 Å². The zero-order valence-corrected chi connectivity index (χ0v) is 11.2. The van der Waals surface area contributed by atoms with E-state index in [0.717, 1.165) is 30.1 Å². The predicted octanol–water partition coefficient (Wildman–Crippen LogP) is 2.59. The van der Waals surface area contributed by atoms with Crippen LogP contribution < -0.4 is 0 Å². The summed E-state index contributed by atoms with van der Waals surface area (Å²) in [5, 5.41) is 0. The van der Waals surface area contributed by atoms with Crippen LogP contribution in [0.2, 0.25) is 0 Å². The van der Waals surface area contributed by atoms with Gasteiger partial charge in [-0.25, -0.2) is 9.97 Å². The average molecular weight is 231 g/mol. The largest absolute Gasteiger partial charge is 0.381 e. The van der Waals surface area contributed by atoms with Gasteiger partial charge in [0.1, 0.15) is 5.82 Å². The van der Waals surface area contributed by atoms with Crippen LogP contribution in [0.5, 0.6) is 0 Å². The molecule has 17 heavy (non-hydrogen) atoms. The maximum Gasteiger partial charge on any atom is 0.129 e. The molecule has 1 aliphatic carbocycles. The number of nitrogens with zero attached hydrogens (tertiary/aromatic N) is 3. The number of unbranched alkanes of at least 4 members (excludes halogenated alkanes) is 1. The van der Waals surface area contributed by atoms with Crippen LogP contribution in [0.15, 0.2) is 5.70 Å². The molecule has 3 nitrogen and oxygen atoms in total. The van der Waals surface area contributed by atoms with Crippen molar-refractivity contribution in [3.8, 4) is 0 Å². The first-order valence-electron chi connectivity index (χ1n) is 6.36. The summed E-state index contributed by atoms with van der Waals surface area (Å²) in [5.41, 5.74) is 4.90. The van der Waals surface area contributed by atoms with Gasteiger partial charge in [0.05, 0.1) is 5.69 Å². The van der Waals surface area contributed by atoms with Crippen LogP contribution in [0.25, 0.3) is 6.08 Å². The molecule has 0 unspecified atom stereocenters. The molecule has 0 aromatic carbocycles. The number of fused-ring (bicyclic) bond motifs is 1. The molecule has 3 heteroatoms. The Morgan fingerprint density at radius 2 is 2.06 bits per heavy atom. The molecule has 1 aliphatic rings. The van der Waals surface area contributed by atoms with E-state index < -0.39 is 0 Å². The standard InChI is InChI=1S/C14H21N3/c1-5-6-7-14-15-10(2)12-8-11(17(3)4)9-13(12)16-14/h9H,5-8H2,1-4H3. The van der Waals surface area contributed by atoms with E-state index in [-0.39, 0.29) is 0 Å². The van der Waals surface area contributed by atoms with Gasteiger partial charge in [0.25, 0.3) is 0 Å². The maximum atomic E-state index is 4.67. The SMILES string of the molecule is CCCCc1nc(C)c2c(n1)C=C(N(C)C)C2. The summed E-state index contributed by atoms with van der Waals surface area (Å²) in [6.07, 6.45) is 6.53. The Hall–Kier alpha value is -1.38. The molecule has 0 saturated heterocycles. The van der Waals surface area contributed by atoms with Crippen molar-refractivity contribution in [2.45, 2.75) is 39.5 Å². The first-order valence-corrected chi connectivity index (χ1v) is 6.36. The van der Waals surface area contributed by atoms with E-state index >= 15 is 0 Å². The van der Waals surface area contributed by atoms with Gasteiger partial charge in [-0.2, -0.15) is 0 Å². The van der Waals surface area contributed by atoms with Gasteiger partial charge >= 0.3 is 0 Å². The number of aromatic nitrogens is 2.